The third-order valence-corrected chi connectivity index (χ3v) is 5.49. The molecule has 9 heteroatoms. The average molecular weight is 435 g/mol. The number of nitrogens with one attached hydrogen (secondary N) is 2. The maximum absolute atomic E-state index is 13.3. The Morgan fingerprint density at radius 1 is 1.22 bits per heavy atom. The number of pyridine rings is 1. The van der Waals surface area contributed by atoms with E-state index in [1.54, 1.807) is 60.8 Å². The van der Waals surface area contributed by atoms with E-state index in [1.165, 1.54) is 0 Å². The number of H-pyrrole nitrogens is 1. The van der Waals surface area contributed by atoms with Gasteiger partial charge in [-0.15, -0.1) is 0 Å². The molecule has 32 heavy (non-hydrogen) atoms. The summed E-state index contributed by atoms with van der Waals surface area (Å²) in [5.74, 6) is -0.0122. The van der Waals surface area contributed by atoms with E-state index >= 15 is 0 Å². The van der Waals surface area contributed by atoms with Crippen LogP contribution in [0.4, 0.5) is 4.39 Å². The summed E-state index contributed by atoms with van der Waals surface area (Å²) in [5, 5.41) is 3.13. The van der Waals surface area contributed by atoms with Gasteiger partial charge in [0.05, 0.1) is 12.1 Å². The molecule has 1 aliphatic rings. The fourth-order valence-electron chi connectivity index (χ4n) is 3.99. The number of amides is 1. The van der Waals surface area contributed by atoms with Gasteiger partial charge in [0.1, 0.15) is 22.7 Å². The molecule has 2 aromatic carbocycles. The van der Waals surface area contributed by atoms with Crippen LogP contribution < -0.4 is 20.5 Å². The molecule has 0 fully saturated rings. The SMILES string of the molecule is O=C(NC1(c2ccc(OCF)cc2)CCOc2cccnc21)c1ccc2oc(=O)[nH]c2c1. The molecule has 0 bridgehead atoms. The molecule has 5 rings (SSSR count). The molecule has 0 saturated carbocycles. The van der Waals surface area contributed by atoms with Crippen molar-refractivity contribution in [3.8, 4) is 11.5 Å². The number of rotatable bonds is 5. The van der Waals surface area contributed by atoms with Gasteiger partial charge in [0.25, 0.3) is 5.91 Å². The van der Waals surface area contributed by atoms with E-state index in [9.17, 15) is 14.0 Å². The van der Waals surface area contributed by atoms with Crippen molar-refractivity contribution < 1.29 is 23.1 Å². The maximum Gasteiger partial charge on any atom is 0.417 e. The molecule has 4 aromatic rings. The molecule has 0 radical (unpaired) electrons. The number of nitrogens with zero attached hydrogens (tertiary/aromatic N) is 1. The first-order valence-electron chi connectivity index (χ1n) is 9.92. The van der Waals surface area contributed by atoms with Crippen molar-refractivity contribution in [2.24, 2.45) is 0 Å². The largest absolute Gasteiger partial charge is 0.491 e. The number of ether oxygens (including phenoxy) is 2. The van der Waals surface area contributed by atoms with Gasteiger partial charge in [-0.1, -0.05) is 12.1 Å². The zero-order valence-electron chi connectivity index (χ0n) is 16.8. The second-order valence-corrected chi connectivity index (χ2v) is 7.31. The highest BCUT2D eigenvalue weighted by atomic mass is 19.1. The van der Waals surface area contributed by atoms with E-state index in [1.807, 2.05) is 0 Å². The number of hydrogen-bond acceptors (Lipinski definition) is 6. The Morgan fingerprint density at radius 3 is 2.88 bits per heavy atom. The number of carbonyl (C=O) groups excluding carboxylic acids is 1. The first-order chi connectivity index (χ1) is 15.6. The second kappa shape index (κ2) is 7.84. The number of oxazole rings is 1. The molecule has 0 saturated heterocycles. The van der Waals surface area contributed by atoms with Crippen LogP contribution in [0.1, 0.15) is 28.0 Å². The molecule has 0 spiro atoms. The summed E-state index contributed by atoms with van der Waals surface area (Å²) in [5.41, 5.74) is 1.46. The number of halogens is 1. The monoisotopic (exact) mass is 435 g/mol. The Kier molecular flexibility index (Phi) is 4.85. The fraction of sp³-hybridized carbons (Fsp3) is 0.174. The molecule has 8 nitrogen and oxygen atoms in total. The summed E-state index contributed by atoms with van der Waals surface area (Å²) in [6, 6.07) is 15.1. The van der Waals surface area contributed by atoms with Gasteiger partial charge in [-0.05, 0) is 48.0 Å². The van der Waals surface area contributed by atoms with Gasteiger partial charge in [0, 0.05) is 18.2 Å². The lowest BCUT2D eigenvalue weighted by atomic mass is 9.81. The predicted octanol–water partition coefficient (Wildman–Crippen LogP) is 3.28. The molecule has 3 heterocycles. The molecule has 2 aromatic heterocycles. The molecule has 162 valence electrons. The van der Waals surface area contributed by atoms with E-state index < -0.39 is 18.2 Å². The quantitative estimate of drug-likeness (QED) is 0.498. The van der Waals surface area contributed by atoms with Crippen LogP contribution in [0.25, 0.3) is 11.1 Å². The standard InChI is InChI=1S/C23H18FN3O5/c24-13-31-16-6-4-15(5-7-16)23(9-11-30-19-2-1-10-25-20(19)23)27-21(28)14-3-8-18-17(12-14)26-22(29)32-18/h1-8,10,12H,9,11,13H2,(H,26,29)(H,27,28). The molecule has 0 aliphatic carbocycles. The molecule has 2 N–H and O–H groups in total. The second-order valence-electron chi connectivity index (χ2n) is 7.31. The van der Waals surface area contributed by atoms with Crippen molar-refractivity contribution in [2.75, 3.05) is 13.5 Å². The molecule has 1 unspecified atom stereocenters. The van der Waals surface area contributed by atoms with E-state index in [-0.39, 0.29) is 5.91 Å². The van der Waals surface area contributed by atoms with Crippen LogP contribution in [0.15, 0.2) is 70.0 Å². The van der Waals surface area contributed by atoms with E-state index in [0.29, 0.717) is 46.9 Å². The first kappa shape index (κ1) is 19.8. The van der Waals surface area contributed by atoms with Crippen LogP contribution in [-0.2, 0) is 5.54 Å². The van der Waals surface area contributed by atoms with Crippen molar-refractivity contribution in [3.63, 3.8) is 0 Å². The highest BCUT2D eigenvalue weighted by Crippen LogP contribution is 2.41. The number of fused-ring (bicyclic) bond motifs is 2. The van der Waals surface area contributed by atoms with Crippen LogP contribution in [-0.4, -0.2) is 29.3 Å². The number of aromatic nitrogens is 2. The number of carbonyl (C=O) groups is 1. The summed E-state index contributed by atoms with van der Waals surface area (Å²) < 4.78 is 28.2. The van der Waals surface area contributed by atoms with Crippen molar-refractivity contribution in [1.29, 1.82) is 0 Å². The lowest BCUT2D eigenvalue weighted by molar-refractivity contribution is 0.0884. The number of alkyl halides is 1. The third kappa shape index (κ3) is 3.37. The van der Waals surface area contributed by atoms with Gasteiger partial charge in [-0.25, -0.2) is 9.18 Å². The van der Waals surface area contributed by atoms with Gasteiger partial charge in [-0.2, -0.15) is 0 Å². The maximum atomic E-state index is 13.3. The van der Waals surface area contributed by atoms with Crippen LogP contribution in [0.5, 0.6) is 11.5 Å². The van der Waals surface area contributed by atoms with E-state index in [4.69, 9.17) is 13.9 Å². The zero-order chi connectivity index (χ0) is 22.1. The minimum absolute atomic E-state index is 0.343. The van der Waals surface area contributed by atoms with Crippen molar-refractivity contribution >= 4 is 17.0 Å². The normalized spacial score (nSPS) is 17.4. The lowest BCUT2D eigenvalue weighted by Crippen LogP contribution is -2.50. The topological polar surface area (TPSA) is 106 Å². The van der Waals surface area contributed by atoms with Crippen molar-refractivity contribution in [1.82, 2.24) is 15.3 Å². The van der Waals surface area contributed by atoms with Gasteiger partial charge in [-0.3, -0.25) is 14.8 Å². The van der Waals surface area contributed by atoms with E-state index in [2.05, 4.69) is 15.3 Å². The smallest absolute Gasteiger partial charge is 0.417 e. The van der Waals surface area contributed by atoms with E-state index in [0.717, 1.165) is 5.56 Å². The van der Waals surface area contributed by atoms with Gasteiger partial charge < -0.3 is 19.2 Å². The molecular weight excluding hydrogens is 417 g/mol. The number of hydrogen-bond donors (Lipinski definition) is 2. The Bertz CT molecular complexity index is 1350. The lowest BCUT2D eigenvalue weighted by Gasteiger charge is -2.39. The molecule has 1 atom stereocenters. The first-order valence-corrected chi connectivity index (χ1v) is 9.92. The minimum atomic E-state index is -0.987. The summed E-state index contributed by atoms with van der Waals surface area (Å²) in [4.78, 5) is 31.9. The minimum Gasteiger partial charge on any atom is -0.491 e. The summed E-state index contributed by atoms with van der Waals surface area (Å²) in [6.07, 6.45) is 2.06. The molecular formula is C23H18FN3O5. The summed E-state index contributed by atoms with van der Waals surface area (Å²) in [7, 11) is 0. The van der Waals surface area contributed by atoms with Crippen molar-refractivity contribution in [2.45, 2.75) is 12.0 Å². The molecule has 1 aliphatic heterocycles. The number of benzene rings is 2. The van der Waals surface area contributed by atoms with Crippen LogP contribution in [0.3, 0.4) is 0 Å². The van der Waals surface area contributed by atoms with Crippen LogP contribution >= 0.6 is 0 Å². The van der Waals surface area contributed by atoms with Gasteiger partial charge in [0.2, 0.25) is 6.86 Å². The molecule has 1 amide bonds. The van der Waals surface area contributed by atoms with Crippen LogP contribution in [0.2, 0.25) is 0 Å². The fourth-order valence-corrected chi connectivity index (χ4v) is 3.99. The van der Waals surface area contributed by atoms with Gasteiger partial charge >= 0.3 is 5.76 Å². The zero-order valence-corrected chi connectivity index (χ0v) is 16.8. The highest BCUT2D eigenvalue weighted by Gasteiger charge is 2.42. The Hall–Kier alpha value is -4.14. The van der Waals surface area contributed by atoms with Crippen molar-refractivity contribution in [3.05, 3.63) is 88.2 Å². The Labute approximate surface area is 181 Å². The Morgan fingerprint density at radius 2 is 2.06 bits per heavy atom. The highest BCUT2D eigenvalue weighted by molar-refractivity contribution is 5.97. The summed E-state index contributed by atoms with van der Waals surface area (Å²) >= 11 is 0. The Balaban J connectivity index is 1.58. The summed E-state index contributed by atoms with van der Waals surface area (Å²) in [6.45, 7) is -0.576. The van der Waals surface area contributed by atoms with Gasteiger partial charge in [0.15, 0.2) is 5.58 Å². The predicted molar refractivity (Wildman–Crippen MR) is 112 cm³/mol. The number of aromatic amines is 1. The third-order valence-electron chi connectivity index (χ3n) is 5.49. The average Bonchev–Trinajstić information content (AvgIpc) is 3.19. The van der Waals surface area contributed by atoms with Crippen LogP contribution in [0, 0.1) is 0 Å².